The number of ether oxygens (including phenoxy) is 1. The Hall–Kier alpha value is -2.20. The van der Waals surface area contributed by atoms with Crippen molar-refractivity contribution >= 4 is 27.5 Å². The number of carbonyl (C=O) groups excluding carboxylic acids is 1. The Morgan fingerprint density at radius 1 is 1.38 bits per heavy atom. The maximum atomic E-state index is 12.3. The topological polar surface area (TPSA) is 87.9 Å². The summed E-state index contributed by atoms with van der Waals surface area (Å²) in [6.45, 7) is 5.36. The molecule has 0 saturated heterocycles. The van der Waals surface area contributed by atoms with Gasteiger partial charge in [0.1, 0.15) is 16.7 Å². The summed E-state index contributed by atoms with van der Waals surface area (Å²) in [5.74, 6) is 0.137. The first-order valence-electron chi connectivity index (χ1n) is 9.05. The van der Waals surface area contributed by atoms with Crippen LogP contribution in [0.3, 0.4) is 0 Å². The van der Waals surface area contributed by atoms with Crippen LogP contribution < -0.4 is 10.1 Å². The number of nitrogens with one attached hydrogen (secondary N) is 1. The number of carbonyl (C=O) groups is 1. The molecule has 2 heterocycles. The van der Waals surface area contributed by atoms with Crippen LogP contribution in [0, 0.1) is 17.2 Å². The lowest BCUT2D eigenvalue weighted by Crippen LogP contribution is -2.50. The van der Waals surface area contributed by atoms with Crippen LogP contribution in [0.2, 0.25) is 0 Å². The molecule has 0 fully saturated rings. The van der Waals surface area contributed by atoms with E-state index >= 15 is 0 Å². The molecule has 1 atom stereocenters. The molecule has 1 unspecified atom stereocenters. The van der Waals surface area contributed by atoms with Crippen molar-refractivity contribution in [1.29, 1.82) is 5.26 Å². The number of aryl methyl sites for hydroxylation is 2. The SMILES string of the molecule is CC(C)C(C)(C#N)NC(=O)COc1ncnc2sc3c(c12)CCCCC3. The summed E-state index contributed by atoms with van der Waals surface area (Å²) < 4.78 is 5.75. The predicted octanol–water partition coefficient (Wildman–Crippen LogP) is 3.39. The summed E-state index contributed by atoms with van der Waals surface area (Å²) in [5, 5.41) is 13.1. The van der Waals surface area contributed by atoms with Gasteiger partial charge in [-0.1, -0.05) is 20.3 Å². The molecule has 2 aromatic rings. The molecule has 138 valence electrons. The number of fused-ring (bicyclic) bond motifs is 3. The zero-order valence-corrected chi connectivity index (χ0v) is 16.3. The van der Waals surface area contributed by atoms with Gasteiger partial charge in [0.05, 0.1) is 11.5 Å². The van der Waals surface area contributed by atoms with Crippen LogP contribution in [0.15, 0.2) is 6.33 Å². The number of hydrogen-bond acceptors (Lipinski definition) is 6. The number of amides is 1. The van der Waals surface area contributed by atoms with E-state index in [1.54, 1.807) is 18.3 Å². The molecule has 1 amide bonds. The van der Waals surface area contributed by atoms with Crippen molar-refractivity contribution in [3.63, 3.8) is 0 Å². The lowest BCUT2D eigenvalue weighted by Gasteiger charge is -2.27. The molecular formula is C19H24N4O2S. The molecular weight excluding hydrogens is 348 g/mol. The van der Waals surface area contributed by atoms with Crippen LogP contribution >= 0.6 is 11.3 Å². The predicted molar refractivity (Wildman–Crippen MR) is 101 cm³/mol. The molecule has 0 saturated carbocycles. The van der Waals surface area contributed by atoms with E-state index in [-0.39, 0.29) is 18.4 Å². The van der Waals surface area contributed by atoms with Crippen LogP contribution in [-0.4, -0.2) is 28.0 Å². The molecule has 0 radical (unpaired) electrons. The Balaban J connectivity index is 1.78. The number of aromatic nitrogens is 2. The van der Waals surface area contributed by atoms with E-state index in [0.29, 0.717) is 5.88 Å². The van der Waals surface area contributed by atoms with E-state index in [9.17, 15) is 10.1 Å². The largest absolute Gasteiger partial charge is 0.467 e. The van der Waals surface area contributed by atoms with Crippen molar-refractivity contribution in [2.75, 3.05) is 6.61 Å². The highest BCUT2D eigenvalue weighted by Crippen LogP contribution is 2.38. The molecule has 1 aliphatic carbocycles. The van der Waals surface area contributed by atoms with Crippen molar-refractivity contribution in [2.45, 2.75) is 58.4 Å². The van der Waals surface area contributed by atoms with Gasteiger partial charge in [-0.3, -0.25) is 4.79 Å². The van der Waals surface area contributed by atoms with Crippen LogP contribution in [0.1, 0.15) is 50.5 Å². The van der Waals surface area contributed by atoms with Gasteiger partial charge in [0.25, 0.3) is 5.91 Å². The van der Waals surface area contributed by atoms with Crippen LogP contribution in [0.5, 0.6) is 5.88 Å². The monoisotopic (exact) mass is 372 g/mol. The van der Waals surface area contributed by atoms with E-state index in [1.165, 1.54) is 29.6 Å². The van der Waals surface area contributed by atoms with Gasteiger partial charge in [-0.25, -0.2) is 9.97 Å². The van der Waals surface area contributed by atoms with Gasteiger partial charge >= 0.3 is 0 Å². The molecule has 0 bridgehead atoms. The highest BCUT2D eigenvalue weighted by atomic mass is 32.1. The first-order chi connectivity index (χ1) is 12.4. The average molecular weight is 372 g/mol. The highest BCUT2D eigenvalue weighted by molar-refractivity contribution is 7.18. The third-order valence-electron chi connectivity index (χ3n) is 5.09. The zero-order valence-electron chi connectivity index (χ0n) is 15.5. The summed E-state index contributed by atoms with van der Waals surface area (Å²) in [6.07, 6.45) is 7.16. The summed E-state index contributed by atoms with van der Waals surface area (Å²) >= 11 is 1.70. The average Bonchev–Trinajstić information content (AvgIpc) is 2.81. The van der Waals surface area contributed by atoms with Gasteiger partial charge in [-0.05, 0) is 44.1 Å². The third kappa shape index (κ3) is 3.65. The molecule has 0 spiro atoms. The summed E-state index contributed by atoms with van der Waals surface area (Å²) in [4.78, 5) is 23.2. The van der Waals surface area contributed by atoms with E-state index < -0.39 is 5.54 Å². The summed E-state index contributed by atoms with van der Waals surface area (Å²) in [5.41, 5.74) is 0.364. The highest BCUT2D eigenvalue weighted by Gasteiger charge is 2.30. The van der Waals surface area contributed by atoms with E-state index in [0.717, 1.165) is 29.5 Å². The second-order valence-electron chi connectivity index (χ2n) is 7.23. The van der Waals surface area contributed by atoms with Crippen molar-refractivity contribution < 1.29 is 9.53 Å². The fraction of sp³-hybridized carbons (Fsp3) is 0.579. The van der Waals surface area contributed by atoms with Crippen molar-refractivity contribution in [3.8, 4) is 11.9 Å². The third-order valence-corrected chi connectivity index (χ3v) is 6.29. The Labute approximate surface area is 157 Å². The minimum atomic E-state index is -0.916. The lowest BCUT2D eigenvalue weighted by atomic mass is 9.90. The summed E-state index contributed by atoms with van der Waals surface area (Å²) in [7, 11) is 0. The maximum absolute atomic E-state index is 12.3. The van der Waals surface area contributed by atoms with Gasteiger partial charge in [0.2, 0.25) is 5.88 Å². The van der Waals surface area contributed by atoms with Crippen molar-refractivity contribution in [2.24, 2.45) is 5.92 Å². The van der Waals surface area contributed by atoms with Gasteiger partial charge < -0.3 is 10.1 Å². The fourth-order valence-corrected chi connectivity index (χ4v) is 4.33. The van der Waals surface area contributed by atoms with Crippen LogP contribution in [0.4, 0.5) is 0 Å². The second kappa shape index (κ2) is 7.58. The molecule has 7 heteroatoms. The first kappa shape index (κ1) is 18.6. The van der Waals surface area contributed by atoms with Gasteiger partial charge in [-0.2, -0.15) is 5.26 Å². The van der Waals surface area contributed by atoms with Crippen molar-refractivity contribution in [1.82, 2.24) is 15.3 Å². The standard InChI is InChI=1S/C19H24N4O2S/c1-12(2)19(3,10-20)23-15(24)9-25-17-16-13-7-5-4-6-8-14(13)26-18(16)22-11-21-17/h11-12H,4-9H2,1-3H3,(H,23,24). The smallest absolute Gasteiger partial charge is 0.259 e. The van der Waals surface area contributed by atoms with Gasteiger partial charge in [0.15, 0.2) is 6.61 Å². The number of nitriles is 1. The number of thiophene rings is 1. The van der Waals surface area contributed by atoms with Crippen LogP contribution in [0.25, 0.3) is 10.2 Å². The zero-order chi connectivity index (χ0) is 18.7. The minimum Gasteiger partial charge on any atom is -0.467 e. The molecule has 1 N–H and O–H groups in total. The molecule has 0 aliphatic heterocycles. The number of rotatable bonds is 5. The molecule has 6 nitrogen and oxygen atoms in total. The molecule has 1 aliphatic rings. The molecule has 26 heavy (non-hydrogen) atoms. The Kier molecular flexibility index (Phi) is 5.42. The number of hydrogen-bond donors (Lipinski definition) is 1. The van der Waals surface area contributed by atoms with Crippen LogP contribution in [-0.2, 0) is 17.6 Å². The molecule has 2 aromatic heterocycles. The van der Waals surface area contributed by atoms with E-state index in [4.69, 9.17) is 4.74 Å². The molecule has 3 rings (SSSR count). The molecule has 0 aromatic carbocycles. The van der Waals surface area contributed by atoms with Gasteiger partial charge in [-0.15, -0.1) is 11.3 Å². The lowest BCUT2D eigenvalue weighted by molar-refractivity contribution is -0.124. The minimum absolute atomic E-state index is 0.00477. The van der Waals surface area contributed by atoms with E-state index in [2.05, 4.69) is 21.4 Å². The quantitative estimate of drug-likeness (QED) is 0.813. The Bertz CT molecular complexity index is 855. The fourth-order valence-electron chi connectivity index (χ4n) is 3.11. The Morgan fingerprint density at radius 2 is 2.15 bits per heavy atom. The summed E-state index contributed by atoms with van der Waals surface area (Å²) in [6, 6.07) is 2.17. The van der Waals surface area contributed by atoms with Crippen molar-refractivity contribution in [3.05, 3.63) is 16.8 Å². The first-order valence-corrected chi connectivity index (χ1v) is 9.86. The second-order valence-corrected chi connectivity index (χ2v) is 8.31. The normalized spacial score (nSPS) is 16.4. The van der Waals surface area contributed by atoms with Gasteiger partial charge in [0, 0.05) is 4.88 Å². The number of nitrogens with zero attached hydrogens (tertiary/aromatic N) is 3. The Morgan fingerprint density at radius 3 is 2.88 bits per heavy atom. The maximum Gasteiger partial charge on any atom is 0.259 e. The van der Waals surface area contributed by atoms with E-state index in [1.807, 2.05) is 13.8 Å².